The van der Waals surface area contributed by atoms with Gasteiger partial charge >= 0.3 is 11.9 Å². The van der Waals surface area contributed by atoms with Crippen molar-refractivity contribution in [3.05, 3.63) is 35.4 Å². The zero-order valence-electron chi connectivity index (χ0n) is 13.4. The lowest BCUT2D eigenvalue weighted by atomic mass is 9.67. The van der Waals surface area contributed by atoms with E-state index in [1.807, 2.05) is 6.07 Å². The van der Waals surface area contributed by atoms with Gasteiger partial charge in [0.05, 0.1) is 20.6 Å². The number of hydrogen-bond acceptors (Lipinski definition) is 4. The van der Waals surface area contributed by atoms with Crippen LogP contribution in [-0.4, -0.2) is 26.2 Å². The van der Waals surface area contributed by atoms with Crippen LogP contribution in [0.25, 0.3) is 0 Å². The van der Waals surface area contributed by atoms with Crippen LogP contribution in [0.2, 0.25) is 0 Å². The van der Waals surface area contributed by atoms with Crippen LogP contribution < -0.4 is 0 Å². The Morgan fingerprint density at radius 2 is 1.77 bits per heavy atom. The van der Waals surface area contributed by atoms with E-state index in [9.17, 15) is 9.59 Å². The molecule has 0 N–H and O–H groups in total. The highest BCUT2D eigenvalue weighted by molar-refractivity contribution is 5.70. The molecule has 0 spiro atoms. The van der Waals surface area contributed by atoms with Crippen LogP contribution in [-0.2, 0) is 31.9 Å². The highest BCUT2D eigenvalue weighted by Crippen LogP contribution is 2.42. The number of hydrogen-bond donors (Lipinski definition) is 0. The molecule has 4 nitrogen and oxygen atoms in total. The molecule has 1 aromatic rings. The van der Waals surface area contributed by atoms with Gasteiger partial charge in [-0.15, -0.1) is 0 Å². The summed E-state index contributed by atoms with van der Waals surface area (Å²) in [6, 6.07) is 8.40. The number of rotatable bonds is 6. The van der Waals surface area contributed by atoms with Gasteiger partial charge in [0.2, 0.25) is 0 Å². The molecule has 0 saturated heterocycles. The second-order valence-electron chi connectivity index (χ2n) is 6.13. The van der Waals surface area contributed by atoms with Crippen molar-refractivity contribution in [2.24, 2.45) is 5.41 Å². The molecule has 0 saturated carbocycles. The Labute approximate surface area is 131 Å². The van der Waals surface area contributed by atoms with Gasteiger partial charge in [0, 0.05) is 6.42 Å². The summed E-state index contributed by atoms with van der Waals surface area (Å²) < 4.78 is 9.58. The summed E-state index contributed by atoms with van der Waals surface area (Å²) in [5.41, 5.74) is 2.59. The first-order chi connectivity index (χ1) is 10.6. The SMILES string of the molecule is COC(=O)CCCC1(CC(=O)OC)CCc2ccccc2C1. The lowest BCUT2D eigenvalue weighted by Crippen LogP contribution is -2.32. The Morgan fingerprint density at radius 1 is 1.09 bits per heavy atom. The standard InChI is InChI=1S/C18H24O4/c1-21-16(19)8-5-10-18(13-17(20)22-2)11-9-14-6-3-4-7-15(14)12-18/h3-4,6-7H,5,8-13H2,1-2H3. The largest absolute Gasteiger partial charge is 0.469 e. The Morgan fingerprint density at radius 3 is 2.45 bits per heavy atom. The highest BCUT2D eigenvalue weighted by atomic mass is 16.5. The van der Waals surface area contributed by atoms with Gasteiger partial charge in [-0.25, -0.2) is 0 Å². The summed E-state index contributed by atoms with van der Waals surface area (Å²) in [6.45, 7) is 0. The van der Waals surface area contributed by atoms with E-state index in [2.05, 4.69) is 18.2 Å². The normalized spacial score (nSPS) is 20.1. The first-order valence-corrected chi connectivity index (χ1v) is 7.79. The topological polar surface area (TPSA) is 52.6 Å². The first kappa shape index (κ1) is 16.5. The molecular formula is C18H24O4. The Balaban J connectivity index is 2.10. The summed E-state index contributed by atoms with van der Waals surface area (Å²) in [7, 11) is 2.84. The molecule has 1 aliphatic carbocycles. The second-order valence-corrected chi connectivity index (χ2v) is 6.13. The number of ether oxygens (including phenoxy) is 2. The van der Waals surface area contributed by atoms with Crippen molar-refractivity contribution < 1.29 is 19.1 Å². The van der Waals surface area contributed by atoms with Gasteiger partial charge in [-0.1, -0.05) is 24.3 Å². The number of benzene rings is 1. The van der Waals surface area contributed by atoms with Crippen molar-refractivity contribution in [3.63, 3.8) is 0 Å². The number of carbonyl (C=O) groups excluding carboxylic acids is 2. The molecule has 1 aromatic carbocycles. The minimum Gasteiger partial charge on any atom is -0.469 e. The van der Waals surface area contributed by atoms with E-state index < -0.39 is 0 Å². The van der Waals surface area contributed by atoms with Gasteiger partial charge in [0.15, 0.2) is 0 Å². The van der Waals surface area contributed by atoms with Crippen molar-refractivity contribution in [1.82, 2.24) is 0 Å². The predicted molar refractivity (Wildman–Crippen MR) is 83.4 cm³/mol. The average molecular weight is 304 g/mol. The molecule has 1 unspecified atom stereocenters. The Bertz CT molecular complexity index is 538. The molecule has 0 heterocycles. The van der Waals surface area contributed by atoms with E-state index in [0.29, 0.717) is 12.8 Å². The number of methoxy groups -OCH3 is 2. The van der Waals surface area contributed by atoms with Crippen LogP contribution in [0.15, 0.2) is 24.3 Å². The van der Waals surface area contributed by atoms with Crippen LogP contribution in [0.5, 0.6) is 0 Å². The Hall–Kier alpha value is -1.84. The number of esters is 2. The van der Waals surface area contributed by atoms with E-state index in [1.54, 1.807) is 0 Å². The van der Waals surface area contributed by atoms with Crippen molar-refractivity contribution in [1.29, 1.82) is 0 Å². The lowest BCUT2D eigenvalue weighted by Gasteiger charge is -2.37. The highest BCUT2D eigenvalue weighted by Gasteiger charge is 2.36. The molecule has 0 aromatic heterocycles. The predicted octanol–water partition coefficient (Wildman–Crippen LogP) is 3.07. The van der Waals surface area contributed by atoms with E-state index in [1.165, 1.54) is 25.3 Å². The monoisotopic (exact) mass is 304 g/mol. The molecule has 0 fully saturated rings. The summed E-state index contributed by atoms with van der Waals surface area (Å²) in [5, 5.41) is 0. The molecule has 1 atom stereocenters. The average Bonchev–Trinajstić information content (AvgIpc) is 2.54. The third kappa shape index (κ3) is 4.09. The van der Waals surface area contributed by atoms with Gasteiger partial charge in [0.1, 0.15) is 0 Å². The van der Waals surface area contributed by atoms with Crippen LogP contribution in [0.1, 0.15) is 43.2 Å². The third-order valence-electron chi connectivity index (χ3n) is 4.67. The fourth-order valence-electron chi connectivity index (χ4n) is 3.41. The molecule has 4 heteroatoms. The molecule has 22 heavy (non-hydrogen) atoms. The number of carbonyl (C=O) groups is 2. The lowest BCUT2D eigenvalue weighted by molar-refractivity contribution is -0.143. The van der Waals surface area contributed by atoms with Crippen LogP contribution >= 0.6 is 0 Å². The fraction of sp³-hybridized carbons (Fsp3) is 0.556. The van der Waals surface area contributed by atoms with Crippen LogP contribution in [0.4, 0.5) is 0 Å². The van der Waals surface area contributed by atoms with Crippen molar-refractivity contribution in [3.8, 4) is 0 Å². The van der Waals surface area contributed by atoms with Crippen molar-refractivity contribution >= 4 is 11.9 Å². The van der Waals surface area contributed by atoms with Gasteiger partial charge in [-0.05, 0) is 48.6 Å². The van der Waals surface area contributed by atoms with Crippen LogP contribution in [0.3, 0.4) is 0 Å². The van der Waals surface area contributed by atoms with Gasteiger partial charge < -0.3 is 9.47 Å². The van der Waals surface area contributed by atoms with Crippen LogP contribution in [0, 0.1) is 5.41 Å². The summed E-state index contributed by atoms with van der Waals surface area (Å²) in [4.78, 5) is 23.2. The zero-order chi connectivity index (χ0) is 16.0. The maximum atomic E-state index is 11.8. The minimum absolute atomic E-state index is 0.102. The van der Waals surface area contributed by atoms with E-state index in [-0.39, 0.29) is 17.4 Å². The zero-order valence-corrected chi connectivity index (χ0v) is 13.4. The quantitative estimate of drug-likeness (QED) is 0.758. The molecule has 0 amide bonds. The molecule has 0 radical (unpaired) electrons. The molecule has 0 aliphatic heterocycles. The summed E-state index contributed by atoms with van der Waals surface area (Å²) in [6.07, 6.45) is 5.21. The molecule has 0 bridgehead atoms. The number of aryl methyl sites for hydroxylation is 1. The smallest absolute Gasteiger partial charge is 0.306 e. The number of fused-ring (bicyclic) bond motifs is 1. The molecule has 2 rings (SSSR count). The van der Waals surface area contributed by atoms with Crippen molar-refractivity contribution in [2.45, 2.75) is 44.9 Å². The van der Waals surface area contributed by atoms with E-state index >= 15 is 0 Å². The van der Waals surface area contributed by atoms with Crippen molar-refractivity contribution in [2.75, 3.05) is 14.2 Å². The van der Waals surface area contributed by atoms with E-state index in [0.717, 1.165) is 32.1 Å². The minimum atomic E-state index is -0.190. The summed E-state index contributed by atoms with van der Waals surface area (Å²) >= 11 is 0. The molecule has 1 aliphatic rings. The molecule has 120 valence electrons. The second kappa shape index (κ2) is 7.43. The maximum absolute atomic E-state index is 11.8. The Kier molecular flexibility index (Phi) is 5.58. The van der Waals surface area contributed by atoms with Gasteiger partial charge in [0.25, 0.3) is 0 Å². The van der Waals surface area contributed by atoms with Gasteiger partial charge in [-0.3, -0.25) is 9.59 Å². The summed E-state index contributed by atoms with van der Waals surface area (Å²) in [5.74, 6) is -0.359. The van der Waals surface area contributed by atoms with E-state index in [4.69, 9.17) is 9.47 Å². The fourth-order valence-corrected chi connectivity index (χ4v) is 3.41. The third-order valence-corrected chi connectivity index (χ3v) is 4.67. The molecular weight excluding hydrogens is 280 g/mol. The van der Waals surface area contributed by atoms with Gasteiger partial charge in [-0.2, -0.15) is 0 Å². The maximum Gasteiger partial charge on any atom is 0.306 e. The first-order valence-electron chi connectivity index (χ1n) is 7.79.